The normalized spacial score (nSPS) is 19.9. The van der Waals surface area contributed by atoms with Gasteiger partial charge in [-0.3, -0.25) is 14.5 Å². The minimum Gasteiger partial charge on any atom is -0.481 e. The zero-order valence-corrected chi connectivity index (χ0v) is 31.5. The van der Waals surface area contributed by atoms with Crippen molar-refractivity contribution in [1.29, 1.82) is 5.26 Å². The third-order valence-corrected chi connectivity index (χ3v) is 11.5. The van der Waals surface area contributed by atoms with Crippen LogP contribution in [-0.2, 0) is 24.3 Å². The van der Waals surface area contributed by atoms with Crippen LogP contribution in [0.4, 0.5) is 0 Å². The molecule has 5 heterocycles. The number of hydrogen-bond acceptors (Lipinski definition) is 11. The van der Waals surface area contributed by atoms with Gasteiger partial charge in [-0.25, -0.2) is 4.98 Å². The number of halogens is 2. The molecule has 0 spiro atoms. The van der Waals surface area contributed by atoms with E-state index in [0.29, 0.717) is 73.5 Å². The molecule has 8 rings (SSSR count). The number of aliphatic hydroxyl groups is 1. The first kappa shape index (κ1) is 37.0. The van der Waals surface area contributed by atoms with Gasteiger partial charge in [-0.2, -0.15) is 10.2 Å². The first-order chi connectivity index (χ1) is 26.6. The minimum atomic E-state index is -0.821. The Bertz CT molecular complexity index is 2410. The summed E-state index contributed by atoms with van der Waals surface area (Å²) in [6, 6.07) is 15.4. The van der Waals surface area contributed by atoms with E-state index in [4.69, 9.17) is 37.1 Å². The van der Waals surface area contributed by atoms with E-state index in [0.717, 1.165) is 40.8 Å². The quantitative estimate of drug-likeness (QED) is 0.162. The smallest absolute Gasteiger partial charge is 0.307 e. The lowest BCUT2D eigenvalue weighted by atomic mass is 9.95. The topological polar surface area (TPSA) is 167 Å². The van der Waals surface area contributed by atoms with E-state index in [1.807, 2.05) is 41.3 Å². The Hall–Kier alpha value is -4.97. The van der Waals surface area contributed by atoms with Crippen molar-refractivity contribution in [3.8, 4) is 40.4 Å². The molecule has 3 atom stereocenters. The highest BCUT2D eigenvalue weighted by atomic mass is 35.5. The summed E-state index contributed by atoms with van der Waals surface area (Å²) in [7, 11) is 1.56. The van der Waals surface area contributed by atoms with E-state index >= 15 is 0 Å². The molecule has 13 nitrogen and oxygen atoms in total. The Balaban J connectivity index is 1.05. The maximum absolute atomic E-state index is 13.6. The predicted octanol–water partition coefficient (Wildman–Crippen LogP) is 5.94. The number of fused-ring (bicyclic) bond motifs is 2. The van der Waals surface area contributed by atoms with Crippen LogP contribution in [0.3, 0.4) is 0 Å². The fraction of sp³-hybridized carbons (Fsp3) is 0.375. The fourth-order valence-electron chi connectivity index (χ4n) is 8.00. The second kappa shape index (κ2) is 15.3. The maximum atomic E-state index is 13.6. The lowest BCUT2D eigenvalue weighted by Crippen LogP contribution is -2.30. The number of benzene rings is 2. The number of β-amino-alcohol motifs (C(OH)–C–C–N with tert-alkyl or cyclic N) is 1. The van der Waals surface area contributed by atoms with Gasteiger partial charge < -0.3 is 33.6 Å². The van der Waals surface area contributed by atoms with Crippen molar-refractivity contribution < 1.29 is 28.9 Å². The number of rotatable bonds is 11. The average molecular weight is 786 g/mol. The Kier molecular flexibility index (Phi) is 10.3. The summed E-state index contributed by atoms with van der Waals surface area (Å²) >= 11 is 13.8. The molecule has 0 unspecified atom stereocenters. The summed E-state index contributed by atoms with van der Waals surface area (Å²) in [4.78, 5) is 38.3. The largest absolute Gasteiger partial charge is 0.481 e. The van der Waals surface area contributed by atoms with Gasteiger partial charge in [0.15, 0.2) is 11.1 Å². The van der Waals surface area contributed by atoms with Crippen LogP contribution in [0.15, 0.2) is 57.9 Å². The van der Waals surface area contributed by atoms with Crippen molar-refractivity contribution in [2.45, 2.75) is 51.0 Å². The SMILES string of the molecule is COc1nc(O[C@H]2CCc3c(-c4cccc(-c5nc6c(=O)n(CCN7CC[C@@H](C(=O)O)C7)cc(C#N)c6o5)c4Cl)cccc32)c(Cl)cc1CN1CC[C@@H](O)C1. The zero-order chi connectivity index (χ0) is 38.4. The molecule has 2 aromatic carbocycles. The van der Waals surface area contributed by atoms with Gasteiger partial charge in [-0.15, -0.1) is 0 Å². The van der Waals surface area contributed by atoms with Crippen LogP contribution < -0.4 is 15.0 Å². The number of nitrogens with zero attached hydrogens (tertiary/aromatic N) is 6. The van der Waals surface area contributed by atoms with Crippen LogP contribution in [0, 0.1) is 17.2 Å². The third-order valence-electron chi connectivity index (χ3n) is 10.8. The van der Waals surface area contributed by atoms with Gasteiger partial charge in [0.25, 0.3) is 5.56 Å². The van der Waals surface area contributed by atoms with Crippen LogP contribution >= 0.6 is 23.2 Å². The Morgan fingerprint density at radius 1 is 1.02 bits per heavy atom. The minimum absolute atomic E-state index is 0.0210. The summed E-state index contributed by atoms with van der Waals surface area (Å²) < 4.78 is 19.6. The Morgan fingerprint density at radius 2 is 1.80 bits per heavy atom. The van der Waals surface area contributed by atoms with Crippen molar-refractivity contribution in [3.63, 3.8) is 0 Å². The number of nitriles is 1. The highest BCUT2D eigenvalue weighted by Crippen LogP contribution is 2.45. The number of carboxylic acids is 1. The molecule has 1 aliphatic carbocycles. The maximum Gasteiger partial charge on any atom is 0.307 e. The molecule has 0 bridgehead atoms. The van der Waals surface area contributed by atoms with E-state index in [9.17, 15) is 25.1 Å². The molecule has 284 valence electrons. The van der Waals surface area contributed by atoms with Gasteiger partial charge in [0.2, 0.25) is 17.7 Å². The predicted molar refractivity (Wildman–Crippen MR) is 204 cm³/mol. The number of aromatic nitrogens is 3. The molecule has 0 amide bonds. The van der Waals surface area contributed by atoms with Crippen molar-refractivity contribution in [2.24, 2.45) is 5.92 Å². The standard InChI is InChI=1S/C40H38Cl2N6O7/c1-53-36-23(19-47-13-11-25(49)21-47)16-31(41)38(45-36)54-32-9-8-27-26(4-2-5-28(27)32)29-6-3-7-30(33(29)42)37-44-34-35(55-37)24(17-43)20-48(39(34)50)15-14-46-12-10-22(18-46)40(51)52/h2-7,16,20,22,25,32,49H,8-15,18-19,21H2,1H3,(H,51,52)/t22-,25-,32+/m1/s1. The van der Waals surface area contributed by atoms with Crippen molar-refractivity contribution in [1.82, 2.24) is 24.3 Å². The summed E-state index contributed by atoms with van der Waals surface area (Å²) in [5.74, 6) is -0.426. The molecule has 2 N–H and O–H groups in total. The van der Waals surface area contributed by atoms with Gasteiger partial charge in [0.1, 0.15) is 22.8 Å². The fourth-order valence-corrected chi connectivity index (χ4v) is 8.53. The molecule has 55 heavy (non-hydrogen) atoms. The average Bonchev–Trinajstić information content (AvgIpc) is 4.00. The Labute approximate surface area is 326 Å². The molecule has 0 saturated carbocycles. The van der Waals surface area contributed by atoms with Crippen molar-refractivity contribution in [2.75, 3.05) is 39.8 Å². The van der Waals surface area contributed by atoms with Crippen molar-refractivity contribution >= 4 is 40.3 Å². The molecule has 2 fully saturated rings. The molecule has 5 aromatic rings. The van der Waals surface area contributed by atoms with Crippen LogP contribution in [0.5, 0.6) is 11.8 Å². The number of carboxylic acid groups (broad SMARTS) is 1. The van der Waals surface area contributed by atoms with Gasteiger partial charge >= 0.3 is 5.97 Å². The highest BCUT2D eigenvalue weighted by Gasteiger charge is 2.31. The number of aliphatic hydroxyl groups excluding tert-OH is 1. The lowest BCUT2D eigenvalue weighted by Gasteiger charge is -2.20. The summed E-state index contributed by atoms with van der Waals surface area (Å²) in [5.41, 5.74) is 4.86. The first-order valence-electron chi connectivity index (χ1n) is 18.2. The molecule has 15 heteroatoms. The van der Waals surface area contributed by atoms with E-state index in [-0.39, 0.29) is 47.2 Å². The molecule has 2 saturated heterocycles. The van der Waals surface area contributed by atoms with Crippen LogP contribution in [0.25, 0.3) is 33.7 Å². The third kappa shape index (κ3) is 7.16. The summed E-state index contributed by atoms with van der Waals surface area (Å²) in [5, 5.41) is 30.0. The molecule has 3 aliphatic rings. The lowest BCUT2D eigenvalue weighted by molar-refractivity contribution is -0.141. The summed E-state index contributed by atoms with van der Waals surface area (Å²) in [6.45, 7) is 3.70. The number of likely N-dealkylation sites (tertiary alicyclic amines) is 2. The van der Waals surface area contributed by atoms with Crippen LogP contribution in [0.1, 0.15) is 47.6 Å². The molecule has 2 aliphatic heterocycles. The number of carbonyl (C=O) groups is 1. The number of hydrogen-bond donors (Lipinski definition) is 2. The van der Waals surface area contributed by atoms with Gasteiger partial charge in [-0.1, -0.05) is 53.5 Å². The number of ether oxygens (including phenoxy) is 2. The second-order valence-electron chi connectivity index (χ2n) is 14.3. The molecular formula is C40H38Cl2N6O7. The molecule has 0 radical (unpaired) electrons. The first-order valence-corrected chi connectivity index (χ1v) is 19.0. The van der Waals surface area contributed by atoms with E-state index in [1.54, 1.807) is 13.2 Å². The van der Waals surface area contributed by atoms with E-state index < -0.39 is 17.4 Å². The number of oxazole rings is 1. The van der Waals surface area contributed by atoms with Crippen LogP contribution in [-0.4, -0.2) is 86.5 Å². The van der Waals surface area contributed by atoms with Crippen molar-refractivity contribution in [3.05, 3.63) is 91.3 Å². The number of methoxy groups -OCH3 is 1. The Morgan fingerprint density at radius 3 is 2.55 bits per heavy atom. The van der Waals surface area contributed by atoms with Gasteiger partial charge in [0.05, 0.1) is 29.7 Å². The summed E-state index contributed by atoms with van der Waals surface area (Å²) in [6.07, 6.45) is 3.48. The monoisotopic (exact) mass is 784 g/mol. The van der Waals surface area contributed by atoms with E-state index in [2.05, 4.69) is 20.9 Å². The second-order valence-corrected chi connectivity index (χ2v) is 15.1. The number of pyridine rings is 2. The van der Waals surface area contributed by atoms with Gasteiger partial charge in [-0.05, 0) is 61.1 Å². The number of aliphatic carboxylic acids is 1. The molecular weight excluding hydrogens is 747 g/mol. The van der Waals surface area contributed by atoms with E-state index in [1.165, 1.54) is 10.8 Å². The molecule has 3 aromatic heterocycles. The van der Waals surface area contributed by atoms with Crippen LogP contribution in [0.2, 0.25) is 10.0 Å². The van der Waals surface area contributed by atoms with Gasteiger partial charge in [0, 0.05) is 56.6 Å². The highest BCUT2D eigenvalue weighted by molar-refractivity contribution is 6.36. The zero-order valence-electron chi connectivity index (χ0n) is 30.0.